The topological polar surface area (TPSA) is 72.7 Å². The predicted octanol–water partition coefficient (Wildman–Crippen LogP) is 1.61. The molecule has 4 rings (SSSR count). The molecule has 0 saturated heterocycles. The molecule has 1 fully saturated rings. The summed E-state index contributed by atoms with van der Waals surface area (Å²) in [4.78, 5) is 16.3. The third kappa shape index (κ3) is 3.25. The van der Waals surface area contributed by atoms with Crippen LogP contribution in [0.15, 0.2) is 24.5 Å². The van der Waals surface area contributed by atoms with Crippen molar-refractivity contribution in [1.29, 1.82) is 0 Å². The van der Waals surface area contributed by atoms with Gasteiger partial charge in [-0.15, -0.1) is 10.2 Å². The minimum Gasteiger partial charge on any atom is -0.353 e. The first-order chi connectivity index (χ1) is 11.3. The van der Waals surface area contributed by atoms with Crippen LogP contribution in [-0.4, -0.2) is 31.7 Å². The molecule has 1 N–H and O–H groups in total. The zero-order valence-electron chi connectivity index (χ0n) is 13.1. The van der Waals surface area contributed by atoms with Crippen LogP contribution in [0.5, 0.6) is 0 Å². The molecule has 2 aromatic rings. The Balaban J connectivity index is 1.35. The van der Waals surface area contributed by atoms with Gasteiger partial charge in [0.15, 0.2) is 0 Å². The fourth-order valence-corrected chi connectivity index (χ4v) is 3.27. The average Bonchev–Trinajstić information content (AvgIpc) is 3.35. The SMILES string of the molecule is O=C(Cc1cccnc1)NC1CCc2nnc(C3CC3)n2CC1. The second-order valence-electron chi connectivity index (χ2n) is 6.53. The zero-order valence-corrected chi connectivity index (χ0v) is 13.1. The number of amides is 1. The molecule has 3 heterocycles. The molecule has 6 nitrogen and oxygen atoms in total. The maximum absolute atomic E-state index is 12.2. The Labute approximate surface area is 135 Å². The van der Waals surface area contributed by atoms with Crippen molar-refractivity contribution in [3.8, 4) is 0 Å². The number of hydrogen-bond donors (Lipinski definition) is 1. The number of pyridine rings is 1. The van der Waals surface area contributed by atoms with E-state index in [-0.39, 0.29) is 11.9 Å². The third-order valence-corrected chi connectivity index (χ3v) is 4.67. The Morgan fingerprint density at radius 1 is 1.26 bits per heavy atom. The second kappa shape index (κ2) is 6.10. The van der Waals surface area contributed by atoms with Crippen LogP contribution in [0.4, 0.5) is 0 Å². The molecule has 1 amide bonds. The molecular weight excluding hydrogens is 290 g/mol. The van der Waals surface area contributed by atoms with Gasteiger partial charge >= 0.3 is 0 Å². The molecule has 1 atom stereocenters. The standard InChI is InChI=1S/C17H21N5O/c23-16(10-12-2-1-8-18-11-12)19-14-5-6-15-20-21-17(13-3-4-13)22(15)9-7-14/h1-2,8,11,13-14H,3-7,9-10H2,(H,19,23). The highest BCUT2D eigenvalue weighted by Gasteiger charge is 2.31. The summed E-state index contributed by atoms with van der Waals surface area (Å²) >= 11 is 0. The molecule has 0 radical (unpaired) electrons. The summed E-state index contributed by atoms with van der Waals surface area (Å²) < 4.78 is 2.28. The number of fused-ring (bicyclic) bond motifs is 1. The van der Waals surface area contributed by atoms with E-state index in [0.29, 0.717) is 12.3 Å². The Kier molecular flexibility index (Phi) is 3.81. The third-order valence-electron chi connectivity index (χ3n) is 4.67. The smallest absolute Gasteiger partial charge is 0.224 e. The number of aromatic nitrogens is 4. The van der Waals surface area contributed by atoms with Gasteiger partial charge in [-0.2, -0.15) is 0 Å². The van der Waals surface area contributed by atoms with Crippen LogP contribution in [0.25, 0.3) is 0 Å². The number of aryl methyl sites for hydroxylation is 1. The van der Waals surface area contributed by atoms with Gasteiger partial charge in [-0.05, 0) is 37.3 Å². The maximum atomic E-state index is 12.2. The molecule has 1 unspecified atom stereocenters. The van der Waals surface area contributed by atoms with Crippen molar-refractivity contribution >= 4 is 5.91 Å². The van der Waals surface area contributed by atoms with Crippen molar-refractivity contribution in [2.45, 2.75) is 57.0 Å². The summed E-state index contributed by atoms with van der Waals surface area (Å²) in [5.74, 6) is 2.93. The number of nitrogens with zero attached hydrogens (tertiary/aromatic N) is 4. The van der Waals surface area contributed by atoms with E-state index in [9.17, 15) is 4.79 Å². The Morgan fingerprint density at radius 3 is 2.96 bits per heavy atom. The maximum Gasteiger partial charge on any atom is 0.224 e. The van der Waals surface area contributed by atoms with Crippen LogP contribution in [0, 0.1) is 0 Å². The summed E-state index contributed by atoms with van der Waals surface area (Å²) in [7, 11) is 0. The van der Waals surface area contributed by atoms with E-state index in [0.717, 1.165) is 43.0 Å². The van der Waals surface area contributed by atoms with Crippen molar-refractivity contribution < 1.29 is 4.79 Å². The summed E-state index contributed by atoms with van der Waals surface area (Å²) in [6.45, 7) is 0.909. The molecule has 2 aliphatic rings. The predicted molar refractivity (Wildman–Crippen MR) is 84.8 cm³/mol. The Morgan fingerprint density at radius 2 is 2.17 bits per heavy atom. The van der Waals surface area contributed by atoms with E-state index in [1.807, 2.05) is 12.1 Å². The van der Waals surface area contributed by atoms with E-state index in [2.05, 4.69) is 25.1 Å². The average molecular weight is 311 g/mol. The van der Waals surface area contributed by atoms with Crippen LogP contribution >= 0.6 is 0 Å². The zero-order chi connectivity index (χ0) is 15.6. The van der Waals surface area contributed by atoms with Crippen molar-refractivity contribution in [2.75, 3.05) is 0 Å². The molecule has 120 valence electrons. The quantitative estimate of drug-likeness (QED) is 0.931. The van der Waals surface area contributed by atoms with E-state index < -0.39 is 0 Å². The Bertz CT molecular complexity index is 692. The lowest BCUT2D eigenvalue weighted by Gasteiger charge is -2.16. The molecule has 0 aromatic carbocycles. The van der Waals surface area contributed by atoms with Crippen LogP contribution in [-0.2, 0) is 24.2 Å². The molecule has 0 spiro atoms. The Hall–Kier alpha value is -2.24. The van der Waals surface area contributed by atoms with Gasteiger partial charge in [0.1, 0.15) is 11.6 Å². The van der Waals surface area contributed by atoms with Crippen LogP contribution in [0.2, 0.25) is 0 Å². The van der Waals surface area contributed by atoms with Crippen molar-refractivity contribution in [2.24, 2.45) is 0 Å². The lowest BCUT2D eigenvalue weighted by Crippen LogP contribution is -2.36. The first kappa shape index (κ1) is 14.4. The van der Waals surface area contributed by atoms with Crippen molar-refractivity contribution in [3.05, 3.63) is 41.7 Å². The van der Waals surface area contributed by atoms with Gasteiger partial charge in [-0.25, -0.2) is 0 Å². The lowest BCUT2D eigenvalue weighted by atomic mass is 10.1. The van der Waals surface area contributed by atoms with Gasteiger partial charge in [-0.1, -0.05) is 6.07 Å². The number of carbonyl (C=O) groups excluding carboxylic acids is 1. The van der Waals surface area contributed by atoms with E-state index in [4.69, 9.17) is 0 Å². The summed E-state index contributed by atoms with van der Waals surface area (Å²) in [6, 6.07) is 4.01. The molecule has 2 aromatic heterocycles. The molecule has 1 saturated carbocycles. The van der Waals surface area contributed by atoms with Gasteiger partial charge in [0.25, 0.3) is 0 Å². The van der Waals surface area contributed by atoms with E-state index in [1.165, 1.54) is 12.8 Å². The highest BCUT2D eigenvalue weighted by molar-refractivity contribution is 5.78. The number of hydrogen-bond acceptors (Lipinski definition) is 4. The first-order valence-electron chi connectivity index (χ1n) is 8.40. The monoisotopic (exact) mass is 311 g/mol. The summed E-state index contributed by atoms with van der Waals surface area (Å²) in [5, 5.41) is 11.9. The number of nitrogens with one attached hydrogen (secondary N) is 1. The van der Waals surface area contributed by atoms with Crippen LogP contribution in [0.3, 0.4) is 0 Å². The highest BCUT2D eigenvalue weighted by Crippen LogP contribution is 2.39. The molecule has 23 heavy (non-hydrogen) atoms. The van der Waals surface area contributed by atoms with E-state index >= 15 is 0 Å². The second-order valence-corrected chi connectivity index (χ2v) is 6.53. The van der Waals surface area contributed by atoms with Gasteiger partial charge < -0.3 is 9.88 Å². The fourth-order valence-electron chi connectivity index (χ4n) is 3.27. The van der Waals surface area contributed by atoms with Crippen LogP contribution in [0.1, 0.15) is 48.8 Å². The van der Waals surface area contributed by atoms with Crippen molar-refractivity contribution in [1.82, 2.24) is 25.1 Å². The van der Waals surface area contributed by atoms with Gasteiger partial charge in [0, 0.05) is 37.3 Å². The minimum atomic E-state index is 0.0723. The van der Waals surface area contributed by atoms with Crippen molar-refractivity contribution in [3.63, 3.8) is 0 Å². The van der Waals surface area contributed by atoms with Gasteiger partial charge in [-0.3, -0.25) is 9.78 Å². The molecule has 1 aliphatic carbocycles. The van der Waals surface area contributed by atoms with Crippen LogP contribution < -0.4 is 5.32 Å². The largest absolute Gasteiger partial charge is 0.353 e. The fraction of sp³-hybridized carbons (Fsp3) is 0.529. The van der Waals surface area contributed by atoms with Gasteiger partial charge in [0.2, 0.25) is 5.91 Å². The molecular formula is C17H21N5O. The number of rotatable bonds is 4. The summed E-state index contributed by atoms with van der Waals surface area (Å²) in [5.41, 5.74) is 0.951. The normalized spacial score (nSPS) is 20.6. The first-order valence-corrected chi connectivity index (χ1v) is 8.40. The molecule has 1 aliphatic heterocycles. The van der Waals surface area contributed by atoms with E-state index in [1.54, 1.807) is 12.4 Å². The highest BCUT2D eigenvalue weighted by atomic mass is 16.1. The van der Waals surface area contributed by atoms with Gasteiger partial charge in [0.05, 0.1) is 6.42 Å². The lowest BCUT2D eigenvalue weighted by molar-refractivity contribution is -0.121. The minimum absolute atomic E-state index is 0.0723. The molecule has 6 heteroatoms. The molecule has 0 bridgehead atoms. The summed E-state index contributed by atoms with van der Waals surface area (Å²) in [6.07, 6.45) is 9.11. The number of carbonyl (C=O) groups is 1.